The van der Waals surface area contributed by atoms with E-state index in [1.165, 1.54) is 30.2 Å². The van der Waals surface area contributed by atoms with Gasteiger partial charge in [-0.25, -0.2) is 0 Å². The fourth-order valence-corrected chi connectivity index (χ4v) is 2.46. The molecular formula is C16H21NO2. The zero-order chi connectivity index (χ0) is 13.1. The molecule has 1 saturated carbocycles. The van der Waals surface area contributed by atoms with Crippen LogP contribution in [0.1, 0.15) is 30.6 Å². The second-order valence-corrected chi connectivity index (χ2v) is 5.31. The van der Waals surface area contributed by atoms with Crippen molar-refractivity contribution in [3.8, 4) is 0 Å². The molecule has 1 aromatic carbocycles. The summed E-state index contributed by atoms with van der Waals surface area (Å²) in [4.78, 5) is 0. The number of fused-ring (bicyclic) bond motifs is 1. The Morgan fingerprint density at radius 3 is 2.95 bits per heavy atom. The fourth-order valence-electron chi connectivity index (χ4n) is 2.46. The lowest BCUT2D eigenvalue weighted by Crippen LogP contribution is -2.07. The van der Waals surface area contributed by atoms with E-state index in [1.807, 2.05) is 19.2 Å². The first-order chi connectivity index (χ1) is 9.38. The van der Waals surface area contributed by atoms with Crippen molar-refractivity contribution in [3.63, 3.8) is 0 Å². The van der Waals surface area contributed by atoms with Crippen LogP contribution in [0.15, 0.2) is 28.7 Å². The summed E-state index contributed by atoms with van der Waals surface area (Å²) in [5.74, 6) is 1.89. The van der Waals surface area contributed by atoms with Gasteiger partial charge in [0.25, 0.3) is 0 Å². The first-order valence-electron chi connectivity index (χ1n) is 7.10. The zero-order valence-electron chi connectivity index (χ0n) is 11.4. The molecule has 1 aromatic heterocycles. The van der Waals surface area contributed by atoms with Crippen LogP contribution in [-0.4, -0.2) is 13.7 Å². The third-order valence-electron chi connectivity index (χ3n) is 3.74. The van der Waals surface area contributed by atoms with Gasteiger partial charge >= 0.3 is 0 Å². The lowest BCUT2D eigenvalue weighted by atomic mass is 10.1. The SMILES string of the molecule is CNCc1c(COCCC2CC2)oc2ccccc12. The molecule has 1 N–H and O–H groups in total. The van der Waals surface area contributed by atoms with Gasteiger partial charge in [-0.2, -0.15) is 0 Å². The Labute approximate surface area is 113 Å². The Hall–Kier alpha value is -1.32. The minimum absolute atomic E-state index is 0.582. The Kier molecular flexibility index (Phi) is 3.85. The number of hydrogen-bond donors (Lipinski definition) is 1. The normalized spacial score (nSPS) is 15.2. The second-order valence-electron chi connectivity index (χ2n) is 5.31. The number of hydrogen-bond acceptors (Lipinski definition) is 3. The highest BCUT2D eigenvalue weighted by molar-refractivity contribution is 5.82. The van der Waals surface area contributed by atoms with Crippen molar-refractivity contribution in [2.24, 2.45) is 5.92 Å². The highest BCUT2D eigenvalue weighted by Crippen LogP contribution is 2.32. The van der Waals surface area contributed by atoms with Crippen LogP contribution in [0.4, 0.5) is 0 Å². The molecule has 0 aliphatic heterocycles. The van der Waals surface area contributed by atoms with E-state index < -0.39 is 0 Å². The van der Waals surface area contributed by atoms with Gasteiger partial charge < -0.3 is 14.5 Å². The van der Waals surface area contributed by atoms with Crippen molar-refractivity contribution in [2.45, 2.75) is 32.4 Å². The number of ether oxygens (including phenoxy) is 1. The molecule has 0 unspecified atom stereocenters. The van der Waals surface area contributed by atoms with Crippen LogP contribution < -0.4 is 5.32 Å². The molecule has 3 heteroatoms. The van der Waals surface area contributed by atoms with Gasteiger partial charge in [-0.1, -0.05) is 31.0 Å². The smallest absolute Gasteiger partial charge is 0.135 e. The van der Waals surface area contributed by atoms with E-state index in [4.69, 9.17) is 9.15 Å². The van der Waals surface area contributed by atoms with Crippen molar-refractivity contribution in [1.29, 1.82) is 0 Å². The van der Waals surface area contributed by atoms with E-state index in [-0.39, 0.29) is 0 Å². The molecule has 2 aromatic rings. The summed E-state index contributed by atoms with van der Waals surface area (Å²) >= 11 is 0. The lowest BCUT2D eigenvalue weighted by Gasteiger charge is -2.04. The van der Waals surface area contributed by atoms with E-state index in [0.717, 1.165) is 30.4 Å². The summed E-state index contributed by atoms with van der Waals surface area (Å²) in [5.41, 5.74) is 2.18. The molecule has 1 heterocycles. The summed E-state index contributed by atoms with van der Waals surface area (Å²) in [6, 6.07) is 8.18. The molecule has 3 nitrogen and oxygen atoms in total. The van der Waals surface area contributed by atoms with Crippen molar-refractivity contribution in [3.05, 3.63) is 35.6 Å². The Morgan fingerprint density at radius 1 is 1.32 bits per heavy atom. The average molecular weight is 259 g/mol. The van der Waals surface area contributed by atoms with Crippen molar-refractivity contribution in [2.75, 3.05) is 13.7 Å². The number of rotatable bonds is 7. The third kappa shape index (κ3) is 2.99. The van der Waals surface area contributed by atoms with Crippen LogP contribution in [-0.2, 0) is 17.9 Å². The number of benzene rings is 1. The maximum Gasteiger partial charge on any atom is 0.135 e. The molecule has 0 atom stereocenters. The molecule has 102 valence electrons. The quantitative estimate of drug-likeness (QED) is 0.773. The molecule has 3 rings (SSSR count). The van der Waals surface area contributed by atoms with Crippen LogP contribution in [0, 0.1) is 5.92 Å². The Balaban J connectivity index is 1.70. The van der Waals surface area contributed by atoms with Gasteiger partial charge in [0, 0.05) is 24.1 Å². The molecule has 0 amide bonds. The molecule has 1 aliphatic carbocycles. The molecule has 1 fully saturated rings. The standard InChI is InChI=1S/C16H21NO2/c1-17-10-14-13-4-2-3-5-15(13)19-16(14)11-18-9-8-12-6-7-12/h2-5,12,17H,6-11H2,1H3. The maximum absolute atomic E-state index is 5.91. The number of nitrogens with one attached hydrogen (secondary N) is 1. The van der Waals surface area contributed by atoms with Gasteiger partial charge in [0.05, 0.1) is 0 Å². The molecular weight excluding hydrogens is 238 g/mol. The zero-order valence-corrected chi connectivity index (χ0v) is 11.4. The average Bonchev–Trinajstić information content (AvgIpc) is 3.19. The molecule has 0 radical (unpaired) electrons. The number of furan rings is 1. The van der Waals surface area contributed by atoms with Crippen LogP contribution in [0.3, 0.4) is 0 Å². The molecule has 0 spiro atoms. The summed E-state index contributed by atoms with van der Waals surface area (Å²) < 4.78 is 11.7. The van der Waals surface area contributed by atoms with Gasteiger partial charge in [-0.3, -0.25) is 0 Å². The van der Waals surface area contributed by atoms with Crippen molar-refractivity contribution < 1.29 is 9.15 Å². The monoisotopic (exact) mass is 259 g/mol. The first kappa shape index (κ1) is 12.7. The predicted molar refractivity (Wildman–Crippen MR) is 76.0 cm³/mol. The van der Waals surface area contributed by atoms with Gasteiger partial charge in [0.1, 0.15) is 18.0 Å². The highest BCUT2D eigenvalue weighted by atomic mass is 16.5. The van der Waals surface area contributed by atoms with Crippen LogP contribution in [0.25, 0.3) is 11.0 Å². The van der Waals surface area contributed by atoms with E-state index in [9.17, 15) is 0 Å². The summed E-state index contributed by atoms with van der Waals surface area (Å²) in [6.45, 7) is 2.25. The molecule has 19 heavy (non-hydrogen) atoms. The topological polar surface area (TPSA) is 34.4 Å². The predicted octanol–water partition coefficient (Wildman–Crippen LogP) is 3.47. The second kappa shape index (κ2) is 5.76. The number of para-hydroxylation sites is 1. The lowest BCUT2D eigenvalue weighted by molar-refractivity contribution is 0.101. The van der Waals surface area contributed by atoms with Gasteiger partial charge in [-0.15, -0.1) is 0 Å². The van der Waals surface area contributed by atoms with E-state index in [0.29, 0.717) is 6.61 Å². The minimum atomic E-state index is 0.582. The summed E-state index contributed by atoms with van der Waals surface area (Å²) in [6.07, 6.45) is 3.97. The fraction of sp³-hybridized carbons (Fsp3) is 0.500. The largest absolute Gasteiger partial charge is 0.458 e. The maximum atomic E-state index is 5.91. The first-order valence-corrected chi connectivity index (χ1v) is 7.10. The van der Waals surface area contributed by atoms with Crippen LogP contribution >= 0.6 is 0 Å². The highest BCUT2D eigenvalue weighted by Gasteiger charge is 2.20. The third-order valence-corrected chi connectivity index (χ3v) is 3.74. The Bertz CT molecular complexity index is 543. The van der Waals surface area contributed by atoms with Crippen molar-refractivity contribution >= 4 is 11.0 Å². The summed E-state index contributed by atoms with van der Waals surface area (Å²) in [5, 5.41) is 4.40. The minimum Gasteiger partial charge on any atom is -0.458 e. The van der Waals surface area contributed by atoms with E-state index >= 15 is 0 Å². The summed E-state index contributed by atoms with van der Waals surface area (Å²) in [7, 11) is 1.96. The molecule has 1 aliphatic rings. The molecule has 0 bridgehead atoms. The van der Waals surface area contributed by atoms with Gasteiger partial charge in [-0.05, 0) is 25.5 Å². The van der Waals surface area contributed by atoms with Crippen molar-refractivity contribution in [1.82, 2.24) is 5.32 Å². The van der Waals surface area contributed by atoms with Gasteiger partial charge in [0.15, 0.2) is 0 Å². The van der Waals surface area contributed by atoms with Crippen LogP contribution in [0.2, 0.25) is 0 Å². The van der Waals surface area contributed by atoms with Crippen LogP contribution in [0.5, 0.6) is 0 Å². The Morgan fingerprint density at radius 2 is 2.16 bits per heavy atom. The van der Waals surface area contributed by atoms with E-state index in [1.54, 1.807) is 0 Å². The van der Waals surface area contributed by atoms with Gasteiger partial charge in [0.2, 0.25) is 0 Å². The van der Waals surface area contributed by atoms with E-state index in [2.05, 4.69) is 17.4 Å². The molecule has 0 saturated heterocycles.